The molecule has 0 unspecified atom stereocenters. The van der Waals surface area contributed by atoms with Crippen LogP contribution in [-0.4, -0.2) is 29.4 Å². The molecule has 0 rings (SSSR count). The van der Waals surface area contributed by atoms with Crippen LogP contribution in [-0.2, 0) is 14.3 Å². The molecule has 0 saturated heterocycles. The zero-order valence-electron chi connectivity index (χ0n) is 11.5. The summed E-state index contributed by atoms with van der Waals surface area (Å²) in [5.41, 5.74) is -0.550. The second-order valence-electron chi connectivity index (χ2n) is 5.55. The number of ether oxygens (including phenoxy) is 1. The van der Waals surface area contributed by atoms with E-state index in [2.05, 4.69) is 0 Å². The van der Waals surface area contributed by atoms with E-state index in [0.29, 0.717) is 6.61 Å². The van der Waals surface area contributed by atoms with Gasteiger partial charge in [-0.3, -0.25) is 4.79 Å². The van der Waals surface area contributed by atoms with Crippen molar-refractivity contribution in [2.75, 3.05) is 12.4 Å². The largest absolute Gasteiger partial charge is 0.376 e. The Bertz CT molecular complexity index is 259. The van der Waals surface area contributed by atoms with Gasteiger partial charge in [0.15, 0.2) is 5.12 Å². The summed E-state index contributed by atoms with van der Waals surface area (Å²) in [7, 11) is 0. The highest BCUT2D eigenvalue weighted by molar-refractivity contribution is 8.13. The first-order chi connectivity index (χ1) is 7.68. The maximum absolute atomic E-state index is 10.8. The first kappa shape index (κ1) is 16.6. The zero-order valence-corrected chi connectivity index (χ0v) is 12.4. The van der Waals surface area contributed by atoms with Gasteiger partial charge in [0.1, 0.15) is 6.29 Å². The molecule has 0 atom stereocenters. The molecule has 0 N–H and O–H groups in total. The van der Waals surface area contributed by atoms with E-state index in [1.54, 1.807) is 6.92 Å². The lowest BCUT2D eigenvalue weighted by Gasteiger charge is -2.27. The van der Waals surface area contributed by atoms with Crippen molar-refractivity contribution in [2.45, 2.75) is 53.1 Å². The number of aldehydes is 1. The third-order valence-corrected chi connectivity index (χ3v) is 3.38. The van der Waals surface area contributed by atoms with Gasteiger partial charge < -0.3 is 9.53 Å². The predicted octanol–water partition coefficient (Wildman–Crippen LogP) is 3.07. The molecule has 3 nitrogen and oxygen atoms in total. The fraction of sp³-hybridized carbons (Fsp3) is 0.846. The first-order valence-corrected chi connectivity index (χ1v) is 6.91. The summed E-state index contributed by atoms with van der Waals surface area (Å²) >= 11 is 1.33. The molecule has 0 radical (unpaired) electrons. The summed E-state index contributed by atoms with van der Waals surface area (Å²) in [5.74, 6) is 0.777. The van der Waals surface area contributed by atoms with Crippen molar-refractivity contribution in [3.05, 3.63) is 0 Å². The molecular weight excluding hydrogens is 236 g/mol. The summed E-state index contributed by atoms with van der Waals surface area (Å²) in [6, 6.07) is 0. The molecule has 0 aromatic rings. The van der Waals surface area contributed by atoms with Crippen LogP contribution in [0.5, 0.6) is 0 Å². The number of carbonyl (C=O) groups excluding carboxylic acids is 2. The smallest absolute Gasteiger partial charge is 0.185 e. The van der Waals surface area contributed by atoms with Gasteiger partial charge in [-0.2, -0.15) is 0 Å². The van der Waals surface area contributed by atoms with Crippen LogP contribution >= 0.6 is 11.8 Å². The Balaban J connectivity index is 3.85. The second kappa shape index (κ2) is 7.17. The molecule has 0 bridgehead atoms. The summed E-state index contributed by atoms with van der Waals surface area (Å²) in [4.78, 5) is 21.5. The Labute approximate surface area is 109 Å². The molecule has 0 spiro atoms. The molecule has 17 heavy (non-hydrogen) atoms. The van der Waals surface area contributed by atoms with Crippen LogP contribution in [0.1, 0.15) is 47.5 Å². The van der Waals surface area contributed by atoms with Crippen molar-refractivity contribution in [3.8, 4) is 0 Å². The molecule has 0 aliphatic heterocycles. The van der Waals surface area contributed by atoms with E-state index in [0.717, 1.165) is 24.9 Å². The summed E-state index contributed by atoms with van der Waals surface area (Å²) in [5, 5.41) is 0.142. The van der Waals surface area contributed by atoms with Crippen molar-refractivity contribution in [1.82, 2.24) is 0 Å². The Morgan fingerprint density at radius 1 is 1.24 bits per heavy atom. The van der Waals surface area contributed by atoms with Gasteiger partial charge in [0.25, 0.3) is 0 Å². The van der Waals surface area contributed by atoms with Gasteiger partial charge >= 0.3 is 0 Å². The van der Waals surface area contributed by atoms with Crippen LogP contribution in [0, 0.1) is 5.41 Å². The van der Waals surface area contributed by atoms with E-state index in [9.17, 15) is 9.59 Å². The topological polar surface area (TPSA) is 43.4 Å². The maximum atomic E-state index is 10.8. The second-order valence-corrected chi connectivity index (χ2v) is 6.83. The van der Waals surface area contributed by atoms with Gasteiger partial charge in [-0.1, -0.05) is 25.6 Å². The van der Waals surface area contributed by atoms with Crippen molar-refractivity contribution in [2.24, 2.45) is 5.41 Å². The Morgan fingerprint density at radius 2 is 1.82 bits per heavy atom. The van der Waals surface area contributed by atoms with Crippen LogP contribution in [0.3, 0.4) is 0 Å². The molecule has 4 heteroatoms. The molecule has 100 valence electrons. The van der Waals surface area contributed by atoms with Crippen molar-refractivity contribution < 1.29 is 14.3 Å². The quantitative estimate of drug-likeness (QED) is 0.629. The van der Waals surface area contributed by atoms with E-state index in [-0.39, 0.29) is 16.1 Å². The minimum Gasteiger partial charge on any atom is -0.376 e. The van der Waals surface area contributed by atoms with Crippen LogP contribution < -0.4 is 0 Å². The number of thioether (sulfide) groups is 1. The summed E-state index contributed by atoms with van der Waals surface area (Å²) in [6.07, 6.45) is 2.52. The molecule has 0 aromatic heterocycles. The lowest BCUT2D eigenvalue weighted by molar-refractivity contribution is -0.116. The molecular formula is C13H24O3S. The minimum absolute atomic E-state index is 0.142. The number of hydrogen-bond donors (Lipinski definition) is 0. The first-order valence-electron chi connectivity index (χ1n) is 5.92. The van der Waals surface area contributed by atoms with Crippen LogP contribution in [0.25, 0.3) is 0 Å². The Hall–Kier alpha value is -0.350. The third-order valence-electron chi connectivity index (χ3n) is 2.57. The summed E-state index contributed by atoms with van der Waals surface area (Å²) in [6.45, 7) is 9.99. The van der Waals surface area contributed by atoms with Crippen molar-refractivity contribution in [1.29, 1.82) is 0 Å². The molecule has 0 fully saturated rings. The van der Waals surface area contributed by atoms with E-state index >= 15 is 0 Å². The van der Waals surface area contributed by atoms with Gasteiger partial charge in [-0.25, -0.2) is 0 Å². The highest BCUT2D eigenvalue weighted by Gasteiger charge is 2.21. The molecule has 0 amide bonds. The van der Waals surface area contributed by atoms with E-state index in [4.69, 9.17) is 4.74 Å². The van der Waals surface area contributed by atoms with Gasteiger partial charge in [-0.15, -0.1) is 0 Å². The van der Waals surface area contributed by atoms with Crippen LogP contribution in [0.2, 0.25) is 0 Å². The Morgan fingerprint density at radius 3 is 2.29 bits per heavy atom. The van der Waals surface area contributed by atoms with E-state index in [1.165, 1.54) is 11.8 Å². The lowest BCUT2D eigenvalue weighted by atomic mass is 9.92. The number of hydrogen-bond acceptors (Lipinski definition) is 4. The SMILES string of the molecule is CC(=O)SCCC(C)(C)OCCC(C)(C)C=O. The van der Waals surface area contributed by atoms with Crippen LogP contribution in [0.15, 0.2) is 0 Å². The fourth-order valence-electron chi connectivity index (χ4n) is 1.16. The fourth-order valence-corrected chi connectivity index (χ4v) is 2.04. The highest BCUT2D eigenvalue weighted by Crippen LogP contribution is 2.22. The monoisotopic (exact) mass is 260 g/mol. The zero-order chi connectivity index (χ0) is 13.5. The van der Waals surface area contributed by atoms with Crippen molar-refractivity contribution in [3.63, 3.8) is 0 Å². The highest BCUT2D eigenvalue weighted by atomic mass is 32.2. The van der Waals surface area contributed by atoms with E-state index < -0.39 is 0 Å². The van der Waals surface area contributed by atoms with Gasteiger partial charge in [0.2, 0.25) is 0 Å². The maximum Gasteiger partial charge on any atom is 0.185 e. The third kappa shape index (κ3) is 9.36. The molecule has 0 aromatic carbocycles. The van der Waals surface area contributed by atoms with Crippen LogP contribution in [0.4, 0.5) is 0 Å². The standard InChI is InChI=1S/C13H24O3S/c1-11(15)17-9-7-13(4,5)16-8-6-12(2,3)10-14/h10H,6-9H2,1-5H3. The van der Waals surface area contributed by atoms with Gasteiger partial charge in [-0.05, 0) is 26.7 Å². The average molecular weight is 260 g/mol. The lowest BCUT2D eigenvalue weighted by Crippen LogP contribution is -2.28. The Kier molecular flexibility index (Phi) is 7.02. The van der Waals surface area contributed by atoms with E-state index in [1.807, 2.05) is 27.7 Å². The molecule has 0 heterocycles. The number of rotatable bonds is 8. The predicted molar refractivity (Wildman–Crippen MR) is 72.2 cm³/mol. The van der Waals surface area contributed by atoms with Crippen molar-refractivity contribution >= 4 is 23.2 Å². The molecule has 0 saturated carbocycles. The van der Waals surface area contributed by atoms with Gasteiger partial charge in [0, 0.05) is 24.7 Å². The molecule has 0 aliphatic carbocycles. The normalized spacial score (nSPS) is 12.5. The van der Waals surface area contributed by atoms with Gasteiger partial charge in [0.05, 0.1) is 5.60 Å². The molecule has 0 aliphatic rings. The minimum atomic E-state index is -0.315. The summed E-state index contributed by atoms with van der Waals surface area (Å²) < 4.78 is 5.77. The number of carbonyl (C=O) groups is 2. The average Bonchev–Trinajstić information content (AvgIpc) is 2.16.